The molecular weight excluding hydrogens is 260 g/mol. The highest BCUT2D eigenvalue weighted by molar-refractivity contribution is 5.85. The van der Waals surface area contributed by atoms with Crippen LogP contribution in [-0.4, -0.2) is 53.7 Å². The molecule has 0 spiro atoms. The number of nitrogens with two attached hydrogens (primary N) is 1. The van der Waals surface area contributed by atoms with Crippen molar-refractivity contribution in [3.05, 3.63) is 0 Å². The lowest BCUT2D eigenvalue weighted by atomic mass is 9.84. The van der Waals surface area contributed by atoms with E-state index in [2.05, 4.69) is 0 Å². The van der Waals surface area contributed by atoms with Gasteiger partial charge in [-0.3, -0.25) is 4.79 Å². The molecule has 6 nitrogen and oxygen atoms in total. The van der Waals surface area contributed by atoms with Crippen molar-refractivity contribution in [2.45, 2.75) is 56.7 Å². The second kappa shape index (κ2) is 6.54. The van der Waals surface area contributed by atoms with E-state index in [9.17, 15) is 14.7 Å². The minimum absolute atomic E-state index is 0.0904. The second-order valence-electron chi connectivity index (χ2n) is 5.80. The molecule has 2 fully saturated rings. The van der Waals surface area contributed by atoms with E-state index in [0.29, 0.717) is 12.3 Å². The van der Waals surface area contributed by atoms with Gasteiger partial charge in [0.05, 0.1) is 12.5 Å². The molecular formula is C14H24N2O4. The standard InChI is InChI=1S/C14H24N2O4/c1-20-10(8-15)7-13(17)16-11-5-3-2-4-9(11)6-12(16)14(18)19/h9-12H,2-8,15H2,1H3,(H,18,19). The summed E-state index contributed by atoms with van der Waals surface area (Å²) in [5.41, 5.74) is 5.54. The normalized spacial score (nSPS) is 30.9. The number of methoxy groups -OCH3 is 1. The van der Waals surface area contributed by atoms with Gasteiger partial charge in [-0.25, -0.2) is 4.79 Å². The van der Waals surface area contributed by atoms with Crippen LogP contribution < -0.4 is 5.73 Å². The number of nitrogens with zero attached hydrogens (tertiary/aromatic N) is 1. The van der Waals surface area contributed by atoms with E-state index in [0.717, 1.165) is 25.7 Å². The van der Waals surface area contributed by atoms with Crippen LogP contribution >= 0.6 is 0 Å². The fourth-order valence-corrected chi connectivity index (χ4v) is 3.60. The Morgan fingerprint density at radius 1 is 1.40 bits per heavy atom. The maximum Gasteiger partial charge on any atom is 0.326 e. The third kappa shape index (κ3) is 2.96. The fraction of sp³-hybridized carbons (Fsp3) is 0.857. The van der Waals surface area contributed by atoms with Gasteiger partial charge in [0.2, 0.25) is 5.91 Å². The van der Waals surface area contributed by atoms with E-state index in [1.807, 2.05) is 0 Å². The van der Waals surface area contributed by atoms with E-state index < -0.39 is 12.0 Å². The summed E-state index contributed by atoms with van der Waals surface area (Å²) in [6.45, 7) is 0.266. The number of hydrogen-bond acceptors (Lipinski definition) is 4. The summed E-state index contributed by atoms with van der Waals surface area (Å²) in [7, 11) is 1.52. The fourth-order valence-electron chi connectivity index (χ4n) is 3.60. The Labute approximate surface area is 119 Å². The number of carbonyl (C=O) groups is 2. The van der Waals surface area contributed by atoms with E-state index >= 15 is 0 Å². The average molecular weight is 284 g/mol. The largest absolute Gasteiger partial charge is 0.480 e. The molecule has 2 rings (SSSR count). The van der Waals surface area contributed by atoms with Crippen LogP contribution in [0, 0.1) is 5.92 Å². The molecule has 1 amide bonds. The van der Waals surface area contributed by atoms with Crippen LogP contribution in [0.15, 0.2) is 0 Å². The Hall–Kier alpha value is -1.14. The minimum atomic E-state index is -0.894. The summed E-state index contributed by atoms with van der Waals surface area (Å²) in [6.07, 6.45) is 4.58. The van der Waals surface area contributed by atoms with Crippen LogP contribution in [-0.2, 0) is 14.3 Å². The van der Waals surface area contributed by atoms with Crippen molar-refractivity contribution in [2.75, 3.05) is 13.7 Å². The van der Waals surface area contributed by atoms with Gasteiger partial charge < -0.3 is 20.5 Å². The Morgan fingerprint density at radius 3 is 2.70 bits per heavy atom. The molecule has 20 heavy (non-hydrogen) atoms. The molecule has 6 heteroatoms. The zero-order valence-corrected chi connectivity index (χ0v) is 12.0. The van der Waals surface area contributed by atoms with Gasteiger partial charge in [-0.05, 0) is 25.2 Å². The maximum atomic E-state index is 12.5. The summed E-state index contributed by atoms with van der Waals surface area (Å²) in [5.74, 6) is -0.689. The van der Waals surface area contributed by atoms with Gasteiger partial charge in [0, 0.05) is 19.7 Å². The number of likely N-dealkylation sites (tertiary alicyclic amines) is 1. The molecule has 1 saturated carbocycles. The Morgan fingerprint density at radius 2 is 2.10 bits per heavy atom. The molecule has 0 bridgehead atoms. The smallest absolute Gasteiger partial charge is 0.326 e. The highest BCUT2D eigenvalue weighted by Crippen LogP contribution is 2.40. The zero-order chi connectivity index (χ0) is 14.7. The third-order valence-electron chi connectivity index (χ3n) is 4.66. The predicted molar refractivity (Wildman–Crippen MR) is 73.1 cm³/mol. The van der Waals surface area contributed by atoms with Crippen LogP contribution in [0.4, 0.5) is 0 Å². The molecule has 4 atom stereocenters. The molecule has 2 aliphatic rings. The summed E-state index contributed by atoms with van der Waals surface area (Å²) in [5, 5.41) is 9.38. The molecule has 0 radical (unpaired) electrons. The van der Waals surface area contributed by atoms with Crippen LogP contribution in [0.3, 0.4) is 0 Å². The Kier molecular flexibility index (Phi) is 4.99. The van der Waals surface area contributed by atoms with Gasteiger partial charge in [-0.1, -0.05) is 12.8 Å². The van der Waals surface area contributed by atoms with Crippen LogP contribution in [0.1, 0.15) is 38.5 Å². The Balaban J connectivity index is 2.12. The van der Waals surface area contributed by atoms with Crippen molar-refractivity contribution in [3.8, 4) is 0 Å². The van der Waals surface area contributed by atoms with Crippen molar-refractivity contribution in [1.29, 1.82) is 0 Å². The van der Waals surface area contributed by atoms with Gasteiger partial charge >= 0.3 is 5.97 Å². The minimum Gasteiger partial charge on any atom is -0.480 e. The first-order valence-electron chi connectivity index (χ1n) is 7.35. The molecule has 114 valence electrons. The third-order valence-corrected chi connectivity index (χ3v) is 4.66. The molecule has 1 aliphatic heterocycles. The molecule has 3 N–H and O–H groups in total. The summed E-state index contributed by atoms with van der Waals surface area (Å²) in [6, 6.07) is -0.585. The predicted octanol–water partition coefficient (Wildman–Crippen LogP) is 0.595. The molecule has 1 aliphatic carbocycles. The zero-order valence-electron chi connectivity index (χ0n) is 12.0. The molecule has 0 aromatic heterocycles. The van der Waals surface area contributed by atoms with Crippen molar-refractivity contribution in [3.63, 3.8) is 0 Å². The van der Waals surface area contributed by atoms with Gasteiger partial charge in [-0.2, -0.15) is 0 Å². The number of aliphatic carboxylic acids is 1. The van der Waals surface area contributed by atoms with Crippen molar-refractivity contribution in [2.24, 2.45) is 11.7 Å². The number of carboxylic acids is 1. The van der Waals surface area contributed by atoms with E-state index in [1.165, 1.54) is 7.11 Å². The quantitative estimate of drug-likeness (QED) is 0.771. The van der Waals surface area contributed by atoms with E-state index in [-0.39, 0.29) is 31.0 Å². The molecule has 0 aromatic carbocycles. The monoisotopic (exact) mass is 284 g/mol. The molecule has 0 aromatic rings. The van der Waals surface area contributed by atoms with Gasteiger partial charge in [-0.15, -0.1) is 0 Å². The SMILES string of the molecule is COC(CN)CC(=O)N1C(C(=O)O)CC2CCCCC21. The maximum absolute atomic E-state index is 12.5. The lowest BCUT2D eigenvalue weighted by Crippen LogP contribution is -2.47. The lowest BCUT2D eigenvalue weighted by molar-refractivity contribution is -0.150. The van der Waals surface area contributed by atoms with Crippen molar-refractivity contribution >= 4 is 11.9 Å². The first-order chi connectivity index (χ1) is 9.58. The summed E-state index contributed by atoms with van der Waals surface area (Å²) >= 11 is 0. The summed E-state index contributed by atoms with van der Waals surface area (Å²) < 4.78 is 5.14. The second-order valence-corrected chi connectivity index (χ2v) is 5.80. The number of amides is 1. The van der Waals surface area contributed by atoms with E-state index in [4.69, 9.17) is 10.5 Å². The first kappa shape index (κ1) is 15.3. The highest BCUT2D eigenvalue weighted by Gasteiger charge is 2.47. The highest BCUT2D eigenvalue weighted by atomic mass is 16.5. The average Bonchev–Trinajstić information content (AvgIpc) is 2.84. The number of carbonyl (C=O) groups excluding carboxylic acids is 1. The van der Waals surface area contributed by atoms with Gasteiger partial charge in [0.25, 0.3) is 0 Å². The topological polar surface area (TPSA) is 92.9 Å². The van der Waals surface area contributed by atoms with Crippen molar-refractivity contribution in [1.82, 2.24) is 4.90 Å². The van der Waals surface area contributed by atoms with Crippen LogP contribution in [0.2, 0.25) is 0 Å². The van der Waals surface area contributed by atoms with E-state index in [1.54, 1.807) is 4.90 Å². The molecule has 1 saturated heterocycles. The number of carboxylic acid groups (broad SMARTS) is 1. The lowest BCUT2D eigenvalue weighted by Gasteiger charge is -2.33. The Bertz CT molecular complexity index is 370. The number of rotatable bonds is 5. The van der Waals surface area contributed by atoms with Crippen molar-refractivity contribution < 1.29 is 19.4 Å². The van der Waals surface area contributed by atoms with Gasteiger partial charge in [0.15, 0.2) is 0 Å². The van der Waals surface area contributed by atoms with Crippen LogP contribution in [0.5, 0.6) is 0 Å². The number of ether oxygens (including phenoxy) is 1. The first-order valence-corrected chi connectivity index (χ1v) is 7.35. The molecule has 4 unspecified atom stereocenters. The van der Waals surface area contributed by atoms with Gasteiger partial charge in [0.1, 0.15) is 6.04 Å². The number of fused-ring (bicyclic) bond motifs is 1. The van der Waals surface area contributed by atoms with Crippen LogP contribution in [0.25, 0.3) is 0 Å². The summed E-state index contributed by atoms with van der Waals surface area (Å²) in [4.78, 5) is 25.5. The number of hydrogen-bond donors (Lipinski definition) is 2. The molecule has 1 heterocycles.